The van der Waals surface area contributed by atoms with Gasteiger partial charge in [-0.1, -0.05) is 6.92 Å². The van der Waals surface area contributed by atoms with Crippen LogP contribution in [0, 0.1) is 11.6 Å². The first-order valence-corrected chi connectivity index (χ1v) is 16.5. The summed E-state index contributed by atoms with van der Waals surface area (Å²) in [5.41, 5.74) is 2.76. The molecule has 15 heteroatoms. The molecule has 2 aliphatic heterocycles. The number of methoxy groups -OCH3 is 1. The van der Waals surface area contributed by atoms with Crippen LogP contribution < -0.4 is 20.2 Å². The van der Waals surface area contributed by atoms with Gasteiger partial charge in [0, 0.05) is 56.3 Å². The molecule has 50 heavy (non-hydrogen) atoms. The van der Waals surface area contributed by atoms with Crippen LogP contribution in [0.25, 0.3) is 5.69 Å². The highest BCUT2D eigenvalue weighted by molar-refractivity contribution is 5.54. The van der Waals surface area contributed by atoms with Crippen molar-refractivity contribution in [3.63, 3.8) is 0 Å². The number of benzene rings is 3. The number of aromatic nitrogens is 6. The third-order valence-corrected chi connectivity index (χ3v) is 9.04. The zero-order chi connectivity index (χ0) is 34.7. The Kier molecular flexibility index (Phi) is 9.61. The minimum atomic E-state index is -1.51. The predicted molar refractivity (Wildman–Crippen MR) is 179 cm³/mol. The lowest BCUT2D eigenvalue weighted by Gasteiger charge is -2.37. The van der Waals surface area contributed by atoms with Crippen molar-refractivity contribution >= 4 is 11.4 Å². The SMILES string of the molecule is CCC(OC)n1ncn(-c2ccc(N3CCN(c4ccc(OCC5COC(Cn6cncn6)(c6ccc(F)cc6F)O5)cc4)CC3)cc2)c1=O. The number of ether oxygens (including phenoxy) is 4. The molecule has 3 unspecified atom stereocenters. The highest BCUT2D eigenvalue weighted by Crippen LogP contribution is 2.38. The van der Waals surface area contributed by atoms with Crippen molar-refractivity contribution in [2.45, 2.75) is 38.0 Å². The van der Waals surface area contributed by atoms with E-state index in [1.54, 1.807) is 7.11 Å². The summed E-state index contributed by atoms with van der Waals surface area (Å²) >= 11 is 0. The summed E-state index contributed by atoms with van der Waals surface area (Å²) in [5.74, 6) is -2.31. The van der Waals surface area contributed by atoms with Gasteiger partial charge in [0.1, 0.15) is 55.6 Å². The molecule has 0 bridgehead atoms. The average Bonchev–Trinajstić information content (AvgIpc) is 3.90. The van der Waals surface area contributed by atoms with Gasteiger partial charge in [-0.25, -0.2) is 27.8 Å². The number of anilines is 2. The van der Waals surface area contributed by atoms with Crippen molar-refractivity contribution < 1.29 is 27.7 Å². The Balaban J connectivity index is 0.924. The molecule has 0 N–H and O–H groups in total. The second-order valence-corrected chi connectivity index (χ2v) is 12.1. The fourth-order valence-corrected chi connectivity index (χ4v) is 6.40. The largest absolute Gasteiger partial charge is 0.491 e. The first kappa shape index (κ1) is 33.4. The summed E-state index contributed by atoms with van der Waals surface area (Å²) in [6.45, 7) is 5.64. The van der Waals surface area contributed by atoms with Crippen LogP contribution in [0.3, 0.4) is 0 Å². The van der Waals surface area contributed by atoms with Gasteiger partial charge in [-0.15, -0.1) is 0 Å². The van der Waals surface area contributed by atoms with Crippen molar-refractivity contribution in [1.29, 1.82) is 0 Å². The zero-order valence-electron chi connectivity index (χ0n) is 27.8. The fourth-order valence-electron chi connectivity index (χ4n) is 6.40. The van der Waals surface area contributed by atoms with Crippen LogP contribution >= 0.6 is 0 Å². The van der Waals surface area contributed by atoms with Crippen molar-refractivity contribution in [2.75, 3.05) is 56.3 Å². The molecule has 2 aliphatic rings. The molecule has 0 amide bonds. The van der Waals surface area contributed by atoms with E-state index in [0.717, 1.165) is 49.3 Å². The molecule has 262 valence electrons. The lowest BCUT2D eigenvalue weighted by Crippen LogP contribution is -2.46. The number of hydrogen-bond acceptors (Lipinski definition) is 10. The molecule has 0 radical (unpaired) electrons. The first-order valence-electron chi connectivity index (χ1n) is 16.5. The van der Waals surface area contributed by atoms with Gasteiger partial charge in [0.25, 0.3) is 0 Å². The molecule has 13 nitrogen and oxygen atoms in total. The normalized spacial score (nSPS) is 20.0. The second-order valence-electron chi connectivity index (χ2n) is 12.1. The van der Waals surface area contributed by atoms with E-state index in [4.69, 9.17) is 18.9 Å². The maximum absolute atomic E-state index is 14.9. The average molecular weight is 689 g/mol. The Hall–Kier alpha value is -5.12. The van der Waals surface area contributed by atoms with Crippen molar-refractivity contribution in [3.05, 3.63) is 113 Å². The van der Waals surface area contributed by atoms with Gasteiger partial charge in [-0.2, -0.15) is 14.9 Å². The Morgan fingerprint density at radius 1 is 0.920 bits per heavy atom. The highest BCUT2D eigenvalue weighted by Gasteiger charge is 2.46. The van der Waals surface area contributed by atoms with Gasteiger partial charge >= 0.3 is 5.69 Å². The van der Waals surface area contributed by atoms with E-state index in [9.17, 15) is 13.6 Å². The van der Waals surface area contributed by atoms with E-state index < -0.39 is 29.8 Å². The standard InChI is InChI=1S/C35H38F2N8O5/c1-3-33(47-2)45-34(46)44(24-40-45)28-7-5-26(6-8-28)41-14-16-42(17-15-41)27-9-11-29(12-10-27)48-19-30-20-49-35(50-30,21-43-23-38-22-39-43)31-13-4-25(36)18-32(31)37/h4-13,18,22-24,30,33H,3,14-17,19-21H2,1-2H3. The number of nitrogens with zero attached hydrogens (tertiary/aromatic N) is 8. The van der Waals surface area contributed by atoms with E-state index in [0.29, 0.717) is 12.2 Å². The van der Waals surface area contributed by atoms with Crippen molar-refractivity contribution in [1.82, 2.24) is 29.1 Å². The number of piperazine rings is 1. The second kappa shape index (κ2) is 14.4. The molecular weight excluding hydrogens is 650 g/mol. The lowest BCUT2D eigenvalue weighted by atomic mass is 10.0. The molecule has 3 aromatic carbocycles. The van der Waals surface area contributed by atoms with E-state index >= 15 is 0 Å². The fraction of sp³-hybridized carbons (Fsp3) is 0.371. The number of halogens is 2. The molecule has 0 saturated carbocycles. The topological polar surface area (TPSA) is 114 Å². The molecule has 2 fully saturated rings. The molecule has 4 heterocycles. The quantitative estimate of drug-likeness (QED) is 0.190. The molecule has 3 atom stereocenters. The molecular formula is C35H38F2N8O5. The van der Waals surface area contributed by atoms with Gasteiger partial charge in [-0.3, -0.25) is 0 Å². The van der Waals surface area contributed by atoms with E-state index in [2.05, 4.69) is 25.0 Å². The molecule has 0 spiro atoms. The summed E-state index contributed by atoms with van der Waals surface area (Å²) in [6.07, 6.45) is 4.10. The maximum atomic E-state index is 14.9. The Bertz CT molecular complexity index is 1920. The zero-order valence-corrected chi connectivity index (χ0v) is 27.8. The van der Waals surface area contributed by atoms with E-state index in [1.807, 2.05) is 55.5 Å². The third kappa shape index (κ3) is 6.84. The minimum absolute atomic E-state index is 0.0297. The van der Waals surface area contributed by atoms with E-state index in [1.165, 1.54) is 45.0 Å². The summed E-state index contributed by atoms with van der Waals surface area (Å²) < 4.78 is 56.6. The maximum Gasteiger partial charge on any atom is 0.352 e. The van der Waals surface area contributed by atoms with Crippen molar-refractivity contribution in [2.24, 2.45) is 0 Å². The van der Waals surface area contributed by atoms with Crippen LogP contribution in [0.15, 0.2) is 90.5 Å². The number of hydrogen-bond donors (Lipinski definition) is 0. The van der Waals surface area contributed by atoms with Crippen LogP contribution in [0.2, 0.25) is 0 Å². The Morgan fingerprint density at radius 2 is 1.60 bits per heavy atom. The van der Waals surface area contributed by atoms with Crippen LogP contribution in [0.5, 0.6) is 5.75 Å². The highest BCUT2D eigenvalue weighted by atomic mass is 19.1. The lowest BCUT2D eigenvalue weighted by molar-refractivity contribution is -0.192. The number of rotatable bonds is 12. The smallest absolute Gasteiger partial charge is 0.352 e. The molecule has 0 aliphatic carbocycles. The van der Waals surface area contributed by atoms with Crippen LogP contribution in [0.1, 0.15) is 25.1 Å². The summed E-state index contributed by atoms with van der Waals surface area (Å²) in [6, 6.07) is 19.1. The Labute approximate surface area is 287 Å². The van der Waals surface area contributed by atoms with Gasteiger partial charge < -0.3 is 28.7 Å². The Morgan fingerprint density at radius 3 is 2.22 bits per heavy atom. The van der Waals surface area contributed by atoms with Gasteiger partial charge in [0.05, 0.1) is 12.3 Å². The van der Waals surface area contributed by atoms with Gasteiger partial charge in [0.15, 0.2) is 6.23 Å². The predicted octanol–water partition coefficient (Wildman–Crippen LogP) is 4.13. The summed E-state index contributed by atoms with van der Waals surface area (Å²) in [4.78, 5) is 21.5. The summed E-state index contributed by atoms with van der Waals surface area (Å²) in [7, 11) is 1.57. The molecule has 5 aromatic rings. The monoisotopic (exact) mass is 688 g/mol. The summed E-state index contributed by atoms with van der Waals surface area (Å²) in [5, 5.41) is 8.33. The first-order chi connectivity index (χ1) is 24.4. The molecule has 2 saturated heterocycles. The van der Waals surface area contributed by atoms with Crippen molar-refractivity contribution in [3.8, 4) is 11.4 Å². The minimum Gasteiger partial charge on any atom is -0.491 e. The van der Waals surface area contributed by atoms with Crippen LogP contribution in [-0.4, -0.2) is 81.7 Å². The van der Waals surface area contributed by atoms with Crippen LogP contribution in [-0.2, 0) is 26.5 Å². The molecule has 2 aromatic heterocycles. The van der Waals surface area contributed by atoms with Gasteiger partial charge in [0.2, 0.25) is 5.79 Å². The van der Waals surface area contributed by atoms with E-state index in [-0.39, 0.29) is 31.0 Å². The third-order valence-electron chi connectivity index (χ3n) is 9.04. The van der Waals surface area contributed by atoms with Gasteiger partial charge in [-0.05, 0) is 67.1 Å². The molecule has 7 rings (SSSR count). The van der Waals surface area contributed by atoms with Crippen LogP contribution in [0.4, 0.5) is 20.2 Å².